The number of hydrogen-bond acceptors (Lipinski definition) is 4. The fraction of sp³-hybridized carbons (Fsp3) is 0.0370. The van der Waals surface area contributed by atoms with Gasteiger partial charge in [0.2, 0.25) is 5.91 Å². The lowest BCUT2D eigenvalue weighted by atomic mass is 9.90. The maximum Gasteiger partial charge on any atom is 0.269 e. The number of anilines is 2. The number of hydrogen-bond donors (Lipinski definition) is 2. The van der Waals surface area contributed by atoms with Crippen LogP contribution in [0.4, 0.5) is 17.1 Å². The number of benzene rings is 4. The monoisotopic (exact) mass is 451 g/mol. The van der Waals surface area contributed by atoms with Gasteiger partial charge in [0.1, 0.15) is 0 Å². The Kier molecular flexibility index (Phi) is 6.74. The number of carbonyl (C=O) groups excluding carboxylic acids is 2. The lowest BCUT2D eigenvalue weighted by Crippen LogP contribution is -2.22. The van der Waals surface area contributed by atoms with E-state index < -0.39 is 10.8 Å². The Bertz CT molecular complexity index is 1250. The Morgan fingerprint density at radius 2 is 1.12 bits per heavy atom. The van der Waals surface area contributed by atoms with Crippen molar-refractivity contribution < 1.29 is 14.5 Å². The van der Waals surface area contributed by atoms with Crippen LogP contribution in [0.2, 0.25) is 0 Å². The van der Waals surface area contributed by atoms with Crippen LogP contribution in [-0.4, -0.2) is 16.7 Å². The molecule has 0 aliphatic rings. The van der Waals surface area contributed by atoms with Gasteiger partial charge in [-0.05, 0) is 47.5 Å². The highest BCUT2D eigenvalue weighted by molar-refractivity contribution is 6.05. The van der Waals surface area contributed by atoms with E-state index in [-0.39, 0.29) is 17.5 Å². The standard InChI is InChI=1S/C27H21N3O4/c31-26(28-23-15-17-24(18-16-23)30(33)34)21-11-13-22(14-12-21)29-27(32)25(19-7-3-1-4-8-19)20-9-5-2-6-10-20/h1-18,25H,(H,28,31)(H,29,32). The van der Waals surface area contributed by atoms with E-state index >= 15 is 0 Å². The Labute approximate surface area is 196 Å². The number of rotatable bonds is 7. The van der Waals surface area contributed by atoms with E-state index in [0.29, 0.717) is 16.9 Å². The van der Waals surface area contributed by atoms with E-state index in [1.165, 1.54) is 24.3 Å². The molecular formula is C27H21N3O4. The summed E-state index contributed by atoms with van der Waals surface area (Å²) in [5, 5.41) is 16.4. The molecule has 0 heterocycles. The zero-order valence-corrected chi connectivity index (χ0v) is 18.0. The molecule has 0 bridgehead atoms. The number of carbonyl (C=O) groups is 2. The predicted molar refractivity (Wildman–Crippen MR) is 131 cm³/mol. The number of nitro benzene ring substituents is 1. The van der Waals surface area contributed by atoms with Crippen LogP contribution in [0.25, 0.3) is 0 Å². The van der Waals surface area contributed by atoms with Crippen LogP contribution >= 0.6 is 0 Å². The molecule has 0 spiro atoms. The summed E-state index contributed by atoms with van der Waals surface area (Å²) in [7, 11) is 0. The first-order chi connectivity index (χ1) is 16.5. The second kappa shape index (κ2) is 10.2. The highest BCUT2D eigenvalue weighted by atomic mass is 16.6. The maximum atomic E-state index is 13.2. The van der Waals surface area contributed by atoms with Gasteiger partial charge in [0.05, 0.1) is 10.8 Å². The molecule has 168 valence electrons. The summed E-state index contributed by atoms with van der Waals surface area (Å²) in [6, 6.07) is 31.2. The van der Waals surface area contributed by atoms with Crippen LogP contribution in [-0.2, 0) is 4.79 Å². The van der Waals surface area contributed by atoms with Crippen LogP contribution in [0.3, 0.4) is 0 Å². The Hall–Kier alpha value is -4.78. The first-order valence-electron chi connectivity index (χ1n) is 10.6. The molecule has 0 saturated heterocycles. The fourth-order valence-corrected chi connectivity index (χ4v) is 3.58. The minimum absolute atomic E-state index is 0.0533. The molecule has 7 nitrogen and oxygen atoms in total. The fourth-order valence-electron chi connectivity index (χ4n) is 3.58. The molecule has 0 saturated carbocycles. The zero-order chi connectivity index (χ0) is 23.9. The smallest absolute Gasteiger partial charge is 0.269 e. The second-order valence-corrected chi connectivity index (χ2v) is 7.58. The molecule has 0 aliphatic carbocycles. The minimum atomic E-state index is -0.501. The van der Waals surface area contributed by atoms with Gasteiger partial charge < -0.3 is 10.6 Å². The quantitative estimate of drug-likeness (QED) is 0.281. The summed E-state index contributed by atoms with van der Waals surface area (Å²) >= 11 is 0. The molecular weight excluding hydrogens is 430 g/mol. The first kappa shape index (κ1) is 22.4. The summed E-state index contributed by atoms with van der Waals surface area (Å²) in [4.78, 5) is 36.0. The average Bonchev–Trinajstić information content (AvgIpc) is 2.86. The van der Waals surface area contributed by atoms with E-state index in [1.54, 1.807) is 24.3 Å². The summed E-state index contributed by atoms with van der Waals surface area (Å²) in [5.74, 6) is -1.02. The van der Waals surface area contributed by atoms with Crippen molar-refractivity contribution in [2.24, 2.45) is 0 Å². The van der Waals surface area contributed by atoms with E-state index in [9.17, 15) is 19.7 Å². The third-order valence-corrected chi connectivity index (χ3v) is 5.28. The average molecular weight is 451 g/mol. The molecule has 2 amide bonds. The van der Waals surface area contributed by atoms with Crippen molar-refractivity contribution in [3.05, 3.63) is 136 Å². The Morgan fingerprint density at radius 1 is 0.647 bits per heavy atom. The van der Waals surface area contributed by atoms with Gasteiger partial charge >= 0.3 is 0 Å². The summed E-state index contributed by atoms with van der Waals surface area (Å²) in [5.41, 5.74) is 3.10. The molecule has 0 aliphatic heterocycles. The zero-order valence-electron chi connectivity index (χ0n) is 18.0. The van der Waals surface area contributed by atoms with E-state index in [4.69, 9.17) is 0 Å². The van der Waals surface area contributed by atoms with Crippen molar-refractivity contribution in [2.45, 2.75) is 5.92 Å². The predicted octanol–water partition coefficient (Wildman–Crippen LogP) is 5.62. The molecule has 7 heteroatoms. The number of nitro groups is 1. The van der Waals surface area contributed by atoms with Gasteiger partial charge in [-0.3, -0.25) is 19.7 Å². The van der Waals surface area contributed by atoms with E-state index in [0.717, 1.165) is 11.1 Å². The van der Waals surface area contributed by atoms with Gasteiger partial charge in [-0.15, -0.1) is 0 Å². The lowest BCUT2D eigenvalue weighted by molar-refractivity contribution is -0.384. The molecule has 4 rings (SSSR count). The first-order valence-corrected chi connectivity index (χ1v) is 10.6. The van der Waals surface area contributed by atoms with Crippen LogP contribution in [0.5, 0.6) is 0 Å². The van der Waals surface area contributed by atoms with Crippen molar-refractivity contribution >= 4 is 28.9 Å². The van der Waals surface area contributed by atoms with Crippen LogP contribution in [0.1, 0.15) is 27.4 Å². The third kappa shape index (κ3) is 5.34. The highest BCUT2D eigenvalue weighted by Gasteiger charge is 2.22. The van der Waals surface area contributed by atoms with E-state index in [1.807, 2.05) is 60.7 Å². The Morgan fingerprint density at radius 3 is 1.62 bits per heavy atom. The van der Waals surface area contributed by atoms with Gasteiger partial charge in [-0.25, -0.2) is 0 Å². The van der Waals surface area contributed by atoms with Crippen LogP contribution in [0, 0.1) is 10.1 Å². The van der Waals surface area contributed by atoms with Crippen molar-refractivity contribution in [2.75, 3.05) is 10.6 Å². The maximum absolute atomic E-state index is 13.2. The molecule has 0 radical (unpaired) electrons. The molecule has 0 atom stereocenters. The van der Waals surface area contributed by atoms with Crippen molar-refractivity contribution in [1.82, 2.24) is 0 Å². The summed E-state index contributed by atoms with van der Waals surface area (Å²) in [6.45, 7) is 0. The topological polar surface area (TPSA) is 101 Å². The minimum Gasteiger partial charge on any atom is -0.325 e. The molecule has 0 unspecified atom stereocenters. The van der Waals surface area contributed by atoms with Crippen molar-refractivity contribution in [1.29, 1.82) is 0 Å². The number of amides is 2. The molecule has 2 N–H and O–H groups in total. The number of nitrogens with zero attached hydrogens (tertiary/aromatic N) is 1. The van der Waals surface area contributed by atoms with E-state index in [2.05, 4.69) is 10.6 Å². The molecule has 0 aromatic heterocycles. The van der Waals surface area contributed by atoms with Gasteiger partial charge in [0.15, 0.2) is 0 Å². The molecule has 4 aromatic carbocycles. The number of nitrogens with one attached hydrogen (secondary N) is 2. The van der Waals surface area contributed by atoms with Gasteiger partial charge in [-0.1, -0.05) is 60.7 Å². The van der Waals surface area contributed by atoms with Crippen LogP contribution in [0.15, 0.2) is 109 Å². The summed E-state index contributed by atoms with van der Waals surface area (Å²) in [6.07, 6.45) is 0. The van der Waals surface area contributed by atoms with Gasteiger partial charge in [0.25, 0.3) is 11.6 Å². The highest BCUT2D eigenvalue weighted by Crippen LogP contribution is 2.26. The normalized spacial score (nSPS) is 10.5. The largest absolute Gasteiger partial charge is 0.325 e. The molecule has 34 heavy (non-hydrogen) atoms. The van der Waals surface area contributed by atoms with Crippen molar-refractivity contribution in [3.8, 4) is 0 Å². The second-order valence-electron chi connectivity index (χ2n) is 7.58. The van der Waals surface area contributed by atoms with Gasteiger partial charge in [0, 0.05) is 29.1 Å². The van der Waals surface area contributed by atoms with Crippen LogP contribution < -0.4 is 10.6 Å². The summed E-state index contributed by atoms with van der Waals surface area (Å²) < 4.78 is 0. The molecule has 0 fully saturated rings. The van der Waals surface area contributed by atoms with Gasteiger partial charge in [-0.2, -0.15) is 0 Å². The SMILES string of the molecule is O=C(Nc1ccc([N+](=O)[O-])cc1)c1ccc(NC(=O)C(c2ccccc2)c2ccccc2)cc1. The molecule has 4 aromatic rings. The number of non-ortho nitro benzene ring substituents is 1. The lowest BCUT2D eigenvalue weighted by Gasteiger charge is -2.18. The van der Waals surface area contributed by atoms with Crippen molar-refractivity contribution in [3.63, 3.8) is 0 Å². The Balaban J connectivity index is 1.46. The third-order valence-electron chi connectivity index (χ3n) is 5.28.